The fourth-order valence-electron chi connectivity index (χ4n) is 2.91. The number of thioether (sulfide) groups is 1. The first-order valence-corrected chi connectivity index (χ1v) is 11.8. The van der Waals surface area contributed by atoms with Gasteiger partial charge in [-0.3, -0.25) is 14.4 Å². The lowest BCUT2D eigenvalue weighted by molar-refractivity contribution is -0.144. The van der Waals surface area contributed by atoms with Gasteiger partial charge in [-0.05, 0) is 52.9 Å². The number of carbonyl (C=O) groups excluding carboxylic acids is 1. The van der Waals surface area contributed by atoms with Crippen molar-refractivity contribution in [3.05, 3.63) is 0 Å². The molecule has 0 bridgehead atoms. The van der Waals surface area contributed by atoms with Crippen LogP contribution in [0.25, 0.3) is 0 Å². The average Bonchev–Trinajstić information content (AvgIpc) is 2.63. The second-order valence-corrected chi connectivity index (χ2v) is 8.83. The van der Waals surface area contributed by atoms with Crippen molar-refractivity contribution in [2.24, 2.45) is 5.92 Å². The van der Waals surface area contributed by atoms with E-state index in [4.69, 9.17) is 5.11 Å². The van der Waals surface area contributed by atoms with Crippen molar-refractivity contribution in [3.8, 4) is 0 Å². The first-order chi connectivity index (χ1) is 13.8. The molecule has 0 aliphatic heterocycles. The van der Waals surface area contributed by atoms with Gasteiger partial charge in [-0.2, -0.15) is 0 Å². The second-order valence-electron chi connectivity index (χ2n) is 7.73. The van der Waals surface area contributed by atoms with Crippen LogP contribution in [0.1, 0.15) is 70.6 Å². The number of carbonyl (C=O) groups is 3. The molecular formula is C21H40N2O5S. The van der Waals surface area contributed by atoms with E-state index in [1.54, 1.807) is 0 Å². The summed E-state index contributed by atoms with van der Waals surface area (Å²) in [5.41, 5.74) is 0. The molecule has 0 saturated carbocycles. The number of carboxylic acids is 2. The summed E-state index contributed by atoms with van der Waals surface area (Å²) in [6.45, 7) is 2.71. The van der Waals surface area contributed by atoms with Crippen molar-refractivity contribution in [3.63, 3.8) is 0 Å². The fourth-order valence-corrected chi connectivity index (χ4v) is 3.98. The van der Waals surface area contributed by atoms with Gasteiger partial charge in [0.15, 0.2) is 0 Å². The molecule has 0 fully saturated rings. The Morgan fingerprint density at radius 1 is 0.862 bits per heavy atom. The maximum atomic E-state index is 12.1. The van der Waals surface area contributed by atoms with Crippen LogP contribution in [0.4, 0.5) is 0 Å². The van der Waals surface area contributed by atoms with E-state index >= 15 is 0 Å². The number of aliphatic carboxylic acids is 2. The summed E-state index contributed by atoms with van der Waals surface area (Å²) in [6.07, 6.45) is 9.60. The van der Waals surface area contributed by atoms with E-state index in [1.807, 2.05) is 19.0 Å². The molecule has 0 saturated heterocycles. The predicted octanol–water partition coefficient (Wildman–Crippen LogP) is 3.47. The summed E-state index contributed by atoms with van der Waals surface area (Å²) < 4.78 is 0. The molecule has 29 heavy (non-hydrogen) atoms. The second kappa shape index (κ2) is 18.9. The summed E-state index contributed by atoms with van der Waals surface area (Å²) in [5.74, 6) is -1.97. The number of rotatable bonds is 20. The zero-order valence-electron chi connectivity index (χ0n) is 18.2. The third-order valence-electron chi connectivity index (χ3n) is 4.71. The largest absolute Gasteiger partial charge is 0.481 e. The van der Waals surface area contributed by atoms with Gasteiger partial charge in [0.1, 0.15) is 5.92 Å². The van der Waals surface area contributed by atoms with Gasteiger partial charge in [0.05, 0.1) is 0 Å². The molecule has 0 radical (unpaired) electrons. The number of hydrogen-bond donors (Lipinski definition) is 3. The fraction of sp³-hybridized carbons (Fsp3) is 0.857. The van der Waals surface area contributed by atoms with E-state index in [0.29, 0.717) is 12.2 Å². The van der Waals surface area contributed by atoms with Gasteiger partial charge in [0.25, 0.3) is 0 Å². The molecule has 1 unspecified atom stereocenters. The SMILES string of the molecule is CN(C)CCSC(=O)C(CCCCCCNCCCCCCCC(=O)O)C(=O)O. The molecule has 0 aliphatic rings. The number of unbranched alkanes of at least 4 members (excludes halogenated alkanes) is 7. The van der Waals surface area contributed by atoms with Crippen molar-refractivity contribution in [1.29, 1.82) is 0 Å². The van der Waals surface area contributed by atoms with Crippen LogP contribution in [0.15, 0.2) is 0 Å². The highest BCUT2D eigenvalue weighted by atomic mass is 32.2. The molecule has 0 aromatic carbocycles. The Hall–Kier alpha value is -1.12. The Bertz CT molecular complexity index is 460. The zero-order valence-corrected chi connectivity index (χ0v) is 19.0. The van der Waals surface area contributed by atoms with Crippen LogP contribution in [0.2, 0.25) is 0 Å². The van der Waals surface area contributed by atoms with E-state index in [1.165, 1.54) is 0 Å². The van der Waals surface area contributed by atoms with Gasteiger partial charge in [-0.1, -0.05) is 50.3 Å². The molecule has 3 N–H and O–H groups in total. The molecule has 0 spiro atoms. The van der Waals surface area contributed by atoms with Crippen LogP contribution in [-0.2, 0) is 14.4 Å². The topological polar surface area (TPSA) is 107 Å². The summed E-state index contributed by atoms with van der Waals surface area (Å²) in [5, 5.41) is 21.0. The predicted molar refractivity (Wildman–Crippen MR) is 118 cm³/mol. The third kappa shape index (κ3) is 18.6. The normalized spacial score (nSPS) is 12.2. The molecular weight excluding hydrogens is 392 g/mol. The molecule has 0 aromatic heterocycles. The van der Waals surface area contributed by atoms with Crippen molar-refractivity contribution < 1.29 is 24.6 Å². The third-order valence-corrected chi connectivity index (χ3v) is 5.66. The zero-order chi connectivity index (χ0) is 21.9. The van der Waals surface area contributed by atoms with Gasteiger partial charge in [-0.15, -0.1) is 0 Å². The molecule has 1 atom stereocenters. The maximum absolute atomic E-state index is 12.1. The van der Waals surface area contributed by atoms with Crippen LogP contribution in [-0.4, -0.2) is 71.6 Å². The van der Waals surface area contributed by atoms with E-state index < -0.39 is 17.9 Å². The minimum Gasteiger partial charge on any atom is -0.481 e. The summed E-state index contributed by atoms with van der Waals surface area (Å²) in [7, 11) is 3.86. The molecule has 0 amide bonds. The van der Waals surface area contributed by atoms with E-state index in [9.17, 15) is 19.5 Å². The standard InChI is InChI=1S/C21H40N2O5S/c1-23(2)16-17-29-21(28)18(20(26)27)12-8-5-7-11-15-22-14-10-6-3-4-9-13-19(24)25/h18,22H,3-17H2,1-2H3,(H,24,25)(H,26,27). The monoisotopic (exact) mass is 432 g/mol. The van der Waals surface area contributed by atoms with Gasteiger partial charge < -0.3 is 20.4 Å². The lowest BCUT2D eigenvalue weighted by Gasteiger charge is -2.12. The molecule has 0 aliphatic carbocycles. The number of hydrogen-bond acceptors (Lipinski definition) is 6. The van der Waals surface area contributed by atoms with Crippen molar-refractivity contribution in [1.82, 2.24) is 10.2 Å². The van der Waals surface area contributed by atoms with E-state index in [2.05, 4.69) is 5.32 Å². The van der Waals surface area contributed by atoms with Crippen molar-refractivity contribution in [2.45, 2.75) is 70.6 Å². The minimum absolute atomic E-state index is 0.219. The summed E-state index contributed by atoms with van der Waals surface area (Å²) >= 11 is 1.13. The number of carboxylic acid groups (broad SMARTS) is 2. The maximum Gasteiger partial charge on any atom is 0.314 e. The Labute approximate surface area is 180 Å². The van der Waals surface area contributed by atoms with Crippen LogP contribution < -0.4 is 5.32 Å². The van der Waals surface area contributed by atoms with Crippen LogP contribution in [0, 0.1) is 5.92 Å². The minimum atomic E-state index is -1.00. The van der Waals surface area contributed by atoms with Crippen LogP contribution in [0.3, 0.4) is 0 Å². The van der Waals surface area contributed by atoms with Crippen LogP contribution >= 0.6 is 11.8 Å². The smallest absolute Gasteiger partial charge is 0.314 e. The molecule has 7 nitrogen and oxygen atoms in total. The molecule has 0 aromatic rings. The quantitative estimate of drug-likeness (QED) is 0.198. The Kier molecular flexibility index (Phi) is 18.2. The van der Waals surface area contributed by atoms with Gasteiger partial charge >= 0.3 is 11.9 Å². The van der Waals surface area contributed by atoms with Gasteiger partial charge in [-0.25, -0.2) is 0 Å². The highest BCUT2D eigenvalue weighted by Gasteiger charge is 2.25. The highest BCUT2D eigenvalue weighted by Crippen LogP contribution is 2.19. The number of nitrogens with one attached hydrogen (secondary N) is 1. The Morgan fingerprint density at radius 2 is 1.41 bits per heavy atom. The lowest BCUT2D eigenvalue weighted by Crippen LogP contribution is -2.23. The van der Waals surface area contributed by atoms with Gasteiger partial charge in [0.2, 0.25) is 5.12 Å². The van der Waals surface area contributed by atoms with Crippen LogP contribution in [0.5, 0.6) is 0 Å². The summed E-state index contributed by atoms with van der Waals surface area (Å²) in [4.78, 5) is 35.8. The van der Waals surface area contributed by atoms with Crippen molar-refractivity contribution >= 4 is 28.8 Å². The first kappa shape index (κ1) is 27.9. The van der Waals surface area contributed by atoms with E-state index in [0.717, 1.165) is 89.2 Å². The average molecular weight is 433 g/mol. The molecule has 0 rings (SSSR count). The molecule has 170 valence electrons. The van der Waals surface area contributed by atoms with Gasteiger partial charge in [0, 0.05) is 18.7 Å². The summed E-state index contributed by atoms with van der Waals surface area (Å²) in [6, 6.07) is 0. The lowest BCUT2D eigenvalue weighted by atomic mass is 10.0. The van der Waals surface area contributed by atoms with E-state index in [-0.39, 0.29) is 11.5 Å². The number of nitrogens with zero attached hydrogens (tertiary/aromatic N) is 1. The first-order valence-electron chi connectivity index (χ1n) is 10.8. The highest BCUT2D eigenvalue weighted by molar-refractivity contribution is 8.13. The Balaban J connectivity index is 3.55. The Morgan fingerprint density at radius 3 is 1.97 bits per heavy atom. The molecule has 8 heteroatoms. The van der Waals surface area contributed by atoms with Crippen molar-refractivity contribution in [2.75, 3.05) is 39.5 Å². The molecule has 0 heterocycles.